The molecule has 3 aromatic carbocycles. The first-order valence-corrected chi connectivity index (χ1v) is 7.03. The predicted octanol–water partition coefficient (Wildman–Crippen LogP) is 4.63. The normalized spacial score (nSPS) is 9.41. The lowest BCUT2D eigenvalue weighted by Gasteiger charge is -2.01. The molecule has 1 heteroatoms. The van der Waals surface area contributed by atoms with Gasteiger partial charge in [0.15, 0.2) is 0 Å². The van der Waals surface area contributed by atoms with Crippen LogP contribution in [0.4, 0.5) is 0 Å². The van der Waals surface area contributed by atoms with Crippen molar-refractivity contribution in [2.24, 2.45) is 0 Å². The molecule has 0 aliphatic heterocycles. The molecule has 0 atom stereocenters. The molecule has 0 fully saturated rings. The van der Waals surface area contributed by atoms with Crippen LogP contribution in [0.5, 0.6) is 0 Å². The SMILES string of the molecule is N#Cc1cccc(C#Cc2cccc(-c3ccccc3)c2)c1. The fraction of sp³-hybridized carbons (Fsp3) is 0. The van der Waals surface area contributed by atoms with Crippen LogP contribution in [0.2, 0.25) is 0 Å². The molecule has 0 heterocycles. The van der Waals surface area contributed by atoms with E-state index in [1.807, 2.05) is 42.5 Å². The molecule has 0 aliphatic carbocycles. The number of benzene rings is 3. The number of nitriles is 1. The maximum Gasteiger partial charge on any atom is 0.0992 e. The molecule has 3 aromatic rings. The smallest absolute Gasteiger partial charge is 0.0992 e. The molecule has 3 rings (SSSR count). The number of hydrogen-bond acceptors (Lipinski definition) is 1. The summed E-state index contributed by atoms with van der Waals surface area (Å²) in [5, 5.41) is 8.91. The molecule has 0 spiro atoms. The summed E-state index contributed by atoms with van der Waals surface area (Å²) in [6, 6.07) is 27.9. The van der Waals surface area contributed by atoms with Gasteiger partial charge in [0.05, 0.1) is 11.6 Å². The molecule has 0 aromatic heterocycles. The maximum atomic E-state index is 8.91. The van der Waals surface area contributed by atoms with Gasteiger partial charge in [0.1, 0.15) is 0 Å². The topological polar surface area (TPSA) is 23.8 Å². The predicted molar refractivity (Wildman–Crippen MR) is 89.0 cm³/mol. The van der Waals surface area contributed by atoms with E-state index in [1.165, 1.54) is 5.56 Å². The van der Waals surface area contributed by atoms with E-state index >= 15 is 0 Å². The lowest BCUT2D eigenvalue weighted by atomic mass is 10.0. The molecule has 102 valence electrons. The van der Waals surface area contributed by atoms with E-state index in [0.717, 1.165) is 16.7 Å². The highest BCUT2D eigenvalue weighted by Crippen LogP contribution is 2.19. The van der Waals surface area contributed by atoms with Gasteiger partial charge in [0.2, 0.25) is 0 Å². The third-order valence-corrected chi connectivity index (χ3v) is 3.31. The molecule has 0 amide bonds. The second kappa shape index (κ2) is 6.44. The maximum absolute atomic E-state index is 8.91. The second-order valence-corrected chi connectivity index (χ2v) is 4.89. The molecule has 1 nitrogen and oxygen atoms in total. The highest BCUT2D eigenvalue weighted by molar-refractivity contribution is 5.65. The van der Waals surface area contributed by atoms with E-state index in [4.69, 9.17) is 5.26 Å². The van der Waals surface area contributed by atoms with E-state index < -0.39 is 0 Å². The highest BCUT2D eigenvalue weighted by Gasteiger charge is 1.97. The minimum atomic E-state index is 0.629. The van der Waals surface area contributed by atoms with Gasteiger partial charge in [-0.2, -0.15) is 5.26 Å². The summed E-state index contributed by atoms with van der Waals surface area (Å²) >= 11 is 0. The molecule has 0 unspecified atom stereocenters. The number of rotatable bonds is 1. The van der Waals surface area contributed by atoms with Crippen LogP contribution in [0.1, 0.15) is 16.7 Å². The zero-order valence-electron chi connectivity index (χ0n) is 12.0. The van der Waals surface area contributed by atoms with Crippen molar-refractivity contribution in [3.8, 4) is 29.0 Å². The largest absolute Gasteiger partial charge is 0.192 e. The van der Waals surface area contributed by atoms with E-state index in [-0.39, 0.29) is 0 Å². The standard InChI is InChI=1S/C21H13N/c22-16-19-8-4-6-17(14-19)12-13-18-7-5-11-21(15-18)20-9-2-1-3-10-20/h1-11,14-15H. The fourth-order valence-corrected chi connectivity index (χ4v) is 2.22. The Labute approximate surface area is 130 Å². The molecule has 0 saturated carbocycles. The zero-order chi connectivity index (χ0) is 15.2. The van der Waals surface area contributed by atoms with E-state index in [0.29, 0.717) is 5.56 Å². The average molecular weight is 279 g/mol. The summed E-state index contributed by atoms with van der Waals surface area (Å²) in [7, 11) is 0. The van der Waals surface area contributed by atoms with Gasteiger partial charge in [-0.1, -0.05) is 60.4 Å². The monoisotopic (exact) mass is 279 g/mol. The van der Waals surface area contributed by atoms with Crippen LogP contribution in [0.15, 0.2) is 78.9 Å². The van der Waals surface area contributed by atoms with Crippen LogP contribution in [-0.4, -0.2) is 0 Å². The van der Waals surface area contributed by atoms with Crippen LogP contribution in [0.3, 0.4) is 0 Å². The first kappa shape index (κ1) is 13.7. The van der Waals surface area contributed by atoms with Crippen molar-refractivity contribution in [3.05, 3.63) is 95.6 Å². The first-order valence-electron chi connectivity index (χ1n) is 7.03. The van der Waals surface area contributed by atoms with Crippen LogP contribution in [-0.2, 0) is 0 Å². The Balaban J connectivity index is 1.91. The molecular weight excluding hydrogens is 266 g/mol. The molecule has 0 radical (unpaired) electrons. The Morgan fingerprint density at radius 3 is 1.86 bits per heavy atom. The number of hydrogen-bond donors (Lipinski definition) is 0. The Hall–Kier alpha value is -3.29. The van der Waals surface area contributed by atoms with Crippen molar-refractivity contribution in [1.29, 1.82) is 5.26 Å². The molecule has 22 heavy (non-hydrogen) atoms. The first-order chi connectivity index (χ1) is 10.8. The minimum Gasteiger partial charge on any atom is -0.192 e. The lowest BCUT2D eigenvalue weighted by Crippen LogP contribution is -1.81. The van der Waals surface area contributed by atoms with Gasteiger partial charge >= 0.3 is 0 Å². The molecular formula is C21H13N. The summed E-state index contributed by atoms with van der Waals surface area (Å²) in [5.41, 5.74) is 4.77. The highest BCUT2D eigenvalue weighted by atomic mass is 14.2. The van der Waals surface area contributed by atoms with Gasteiger partial charge in [-0.05, 0) is 41.5 Å². The molecule has 0 saturated heterocycles. The van der Waals surface area contributed by atoms with Crippen molar-refractivity contribution in [1.82, 2.24) is 0 Å². The van der Waals surface area contributed by atoms with Crippen LogP contribution in [0.25, 0.3) is 11.1 Å². The van der Waals surface area contributed by atoms with Crippen molar-refractivity contribution >= 4 is 0 Å². The summed E-state index contributed by atoms with van der Waals surface area (Å²) in [5.74, 6) is 6.28. The van der Waals surface area contributed by atoms with E-state index in [1.54, 1.807) is 12.1 Å². The summed E-state index contributed by atoms with van der Waals surface area (Å²) in [6.45, 7) is 0. The van der Waals surface area contributed by atoms with E-state index in [2.05, 4.69) is 42.2 Å². The van der Waals surface area contributed by atoms with Crippen molar-refractivity contribution in [2.45, 2.75) is 0 Å². The number of nitrogens with zero attached hydrogens (tertiary/aromatic N) is 1. The van der Waals surface area contributed by atoms with Gasteiger partial charge in [-0.15, -0.1) is 0 Å². The van der Waals surface area contributed by atoms with Crippen LogP contribution < -0.4 is 0 Å². The van der Waals surface area contributed by atoms with Gasteiger partial charge in [-0.25, -0.2) is 0 Å². The average Bonchev–Trinajstić information content (AvgIpc) is 2.61. The van der Waals surface area contributed by atoms with E-state index in [9.17, 15) is 0 Å². The van der Waals surface area contributed by atoms with Crippen LogP contribution >= 0.6 is 0 Å². The minimum absolute atomic E-state index is 0.629. The Morgan fingerprint density at radius 1 is 0.545 bits per heavy atom. The molecule has 0 aliphatic rings. The Morgan fingerprint density at radius 2 is 1.14 bits per heavy atom. The summed E-state index contributed by atoms with van der Waals surface area (Å²) in [4.78, 5) is 0. The Bertz CT molecular complexity index is 890. The second-order valence-electron chi connectivity index (χ2n) is 4.89. The third kappa shape index (κ3) is 3.23. The zero-order valence-corrected chi connectivity index (χ0v) is 12.0. The summed E-state index contributed by atoms with van der Waals surface area (Å²) < 4.78 is 0. The Kier molecular flexibility index (Phi) is 4.01. The lowest BCUT2D eigenvalue weighted by molar-refractivity contribution is 1.48. The van der Waals surface area contributed by atoms with Crippen molar-refractivity contribution in [2.75, 3.05) is 0 Å². The van der Waals surface area contributed by atoms with Gasteiger partial charge < -0.3 is 0 Å². The quantitative estimate of drug-likeness (QED) is 0.596. The van der Waals surface area contributed by atoms with Gasteiger partial charge in [0.25, 0.3) is 0 Å². The van der Waals surface area contributed by atoms with Crippen molar-refractivity contribution in [3.63, 3.8) is 0 Å². The third-order valence-electron chi connectivity index (χ3n) is 3.31. The molecule has 0 bridgehead atoms. The van der Waals surface area contributed by atoms with Gasteiger partial charge in [-0.3, -0.25) is 0 Å². The van der Waals surface area contributed by atoms with Crippen molar-refractivity contribution < 1.29 is 0 Å². The van der Waals surface area contributed by atoms with Crippen LogP contribution in [0, 0.1) is 23.2 Å². The molecule has 0 N–H and O–H groups in total. The van der Waals surface area contributed by atoms with Gasteiger partial charge in [0, 0.05) is 11.1 Å². The fourth-order valence-electron chi connectivity index (χ4n) is 2.22. The summed E-state index contributed by atoms with van der Waals surface area (Å²) in [6.07, 6.45) is 0.